The summed E-state index contributed by atoms with van der Waals surface area (Å²) >= 11 is 0. The van der Waals surface area contributed by atoms with Crippen LogP contribution in [0.15, 0.2) is 30.3 Å². The number of aromatic nitrogens is 1. The number of hydrogen-bond donors (Lipinski definition) is 2. The summed E-state index contributed by atoms with van der Waals surface area (Å²) in [6.07, 6.45) is 0.787. The maximum atomic E-state index is 12.6. The molecule has 8 nitrogen and oxygen atoms in total. The standard InChI is InChI=1S/C21H26N4O4/c1-3-10-29-20-18(19(22)26)17(13-14(2)23-20)24-16-6-4-15(5-7-16)21(27)25-8-11-28-12-9-25/h4-7,13H,3,8-12H2,1-2H3,(H2,22,26)(H,23,24). The Hall–Kier alpha value is -3.13. The first-order valence-corrected chi connectivity index (χ1v) is 9.68. The van der Waals surface area contributed by atoms with Crippen molar-refractivity contribution in [3.05, 3.63) is 47.2 Å². The van der Waals surface area contributed by atoms with Crippen molar-refractivity contribution >= 4 is 23.2 Å². The van der Waals surface area contributed by atoms with Crippen LogP contribution in [0.4, 0.5) is 11.4 Å². The van der Waals surface area contributed by atoms with Gasteiger partial charge < -0.3 is 25.4 Å². The molecule has 1 aromatic carbocycles. The molecule has 3 N–H and O–H groups in total. The summed E-state index contributed by atoms with van der Waals surface area (Å²) in [6.45, 7) is 6.54. The van der Waals surface area contributed by atoms with Crippen LogP contribution in [-0.2, 0) is 4.74 Å². The minimum Gasteiger partial charge on any atom is -0.477 e. The van der Waals surface area contributed by atoms with E-state index >= 15 is 0 Å². The Labute approximate surface area is 170 Å². The van der Waals surface area contributed by atoms with E-state index in [1.807, 2.05) is 13.8 Å². The van der Waals surface area contributed by atoms with E-state index in [1.54, 1.807) is 35.2 Å². The predicted molar refractivity (Wildman–Crippen MR) is 110 cm³/mol. The summed E-state index contributed by atoms with van der Waals surface area (Å²) < 4.78 is 10.9. The van der Waals surface area contributed by atoms with E-state index < -0.39 is 5.91 Å². The van der Waals surface area contributed by atoms with Gasteiger partial charge in [-0.2, -0.15) is 0 Å². The lowest BCUT2D eigenvalue weighted by atomic mass is 10.1. The number of aryl methyl sites for hydroxylation is 1. The van der Waals surface area contributed by atoms with E-state index in [1.165, 1.54) is 0 Å². The first kappa shape index (κ1) is 20.6. The van der Waals surface area contributed by atoms with Gasteiger partial charge in [-0.1, -0.05) is 6.92 Å². The summed E-state index contributed by atoms with van der Waals surface area (Å²) in [5.41, 5.74) is 8.32. The third kappa shape index (κ3) is 5.03. The van der Waals surface area contributed by atoms with Crippen LogP contribution in [0.3, 0.4) is 0 Å². The minimum atomic E-state index is -0.620. The second-order valence-electron chi connectivity index (χ2n) is 6.81. The number of hydrogen-bond acceptors (Lipinski definition) is 6. The molecule has 1 aliphatic rings. The fourth-order valence-corrected chi connectivity index (χ4v) is 3.09. The smallest absolute Gasteiger partial charge is 0.256 e. The minimum absolute atomic E-state index is 0.0207. The van der Waals surface area contributed by atoms with Gasteiger partial charge in [0.05, 0.1) is 25.5 Å². The average molecular weight is 398 g/mol. The summed E-state index contributed by atoms with van der Waals surface area (Å²) in [6, 6.07) is 8.84. The van der Waals surface area contributed by atoms with Gasteiger partial charge in [0, 0.05) is 30.0 Å². The van der Waals surface area contributed by atoms with Gasteiger partial charge in [0.15, 0.2) is 0 Å². The number of carbonyl (C=O) groups is 2. The largest absolute Gasteiger partial charge is 0.477 e. The predicted octanol–water partition coefficient (Wildman–Crippen LogP) is 2.49. The van der Waals surface area contributed by atoms with Crippen LogP contribution in [0.5, 0.6) is 5.88 Å². The lowest BCUT2D eigenvalue weighted by Crippen LogP contribution is -2.40. The Balaban J connectivity index is 1.81. The number of benzene rings is 1. The molecule has 0 unspecified atom stereocenters. The Bertz CT molecular complexity index is 877. The molecule has 3 rings (SSSR count). The zero-order valence-corrected chi connectivity index (χ0v) is 16.7. The number of pyridine rings is 1. The molecule has 0 atom stereocenters. The Morgan fingerprint density at radius 3 is 2.55 bits per heavy atom. The molecule has 0 bridgehead atoms. The topological polar surface area (TPSA) is 107 Å². The van der Waals surface area contributed by atoms with Crippen molar-refractivity contribution in [1.82, 2.24) is 9.88 Å². The Kier molecular flexibility index (Phi) is 6.66. The number of amides is 2. The van der Waals surface area contributed by atoms with Crippen LogP contribution in [-0.4, -0.2) is 54.6 Å². The SMILES string of the molecule is CCCOc1nc(C)cc(Nc2ccc(C(=O)N3CCOCC3)cc2)c1C(N)=O. The van der Waals surface area contributed by atoms with Crippen molar-refractivity contribution in [3.8, 4) is 5.88 Å². The molecule has 0 spiro atoms. The second-order valence-corrected chi connectivity index (χ2v) is 6.81. The molecule has 154 valence electrons. The molecule has 1 fully saturated rings. The molecule has 1 aliphatic heterocycles. The van der Waals surface area contributed by atoms with Crippen LogP contribution < -0.4 is 15.8 Å². The zero-order valence-electron chi connectivity index (χ0n) is 16.7. The second kappa shape index (κ2) is 9.38. The highest BCUT2D eigenvalue weighted by Crippen LogP contribution is 2.28. The Morgan fingerprint density at radius 2 is 1.93 bits per heavy atom. The molecule has 2 aromatic rings. The molecule has 0 aliphatic carbocycles. The Morgan fingerprint density at radius 1 is 1.24 bits per heavy atom. The maximum absolute atomic E-state index is 12.6. The van der Waals surface area contributed by atoms with Gasteiger partial charge in [-0.15, -0.1) is 0 Å². The molecule has 29 heavy (non-hydrogen) atoms. The van der Waals surface area contributed by atoms with Crippen LogP contribution in [0.2, 0.25) is 0 Å². The van der Waals surface area contributed by atoms with E-state index in [0.717, 1.165) is 12.1 Å². The number of nitrogens with zero attached hydrogens (tertiary/aromatic N) is 2. The van der Waals surface area contributed by atoms with Crippen LogP contribution in [0.1, 0.15) is 39.8 Å². The summed E-state index contributed by atoms with van der Waals surface area (Å²) in [5, 5.41) is 3.19. The van der Waals surface area contributed by atoms with E-state index in [2.05, 4.69) is 10.3 Å². The lowest BCUT2D eigenvalue weighted by Gasteiger charge is -2.26. The van der Waals surface area contributed by atoms with Gasteiger partial charge >= 0.3 is 0 Å². The quantitative estimate of drug-likeness (QED) is 0.742. The van der Waals surface area contributed by atoms with Crippen molar-refractivity contribution in [3.63, 3.8) is 0 Å². The molecular weight excluding hydrogens is 372 g/mol. The molecular formula is C21H26N4O4. The molecule has 0 radical (unpaired) electrons. The van der Waals surface area contributed by atoms with Crippen molar-refractivity contribution in [2.45, 2.75) is 20.3 Å². The van der Waals surface area contributed by atoms with Crippen molar-refractivity contribution in [2.75, 3.05) is 38.2 Å². The molecule has 0 saturated carbocycles. The van der Waals surface area contributed by atoms with Crippen molar-refractivity contribution < 1.29 is 19.1 Å². The van der Waals surface area contributed by atoms with Gasteiger partial charge in [0.25, 0.3) is 11.8 Å². The molecule has 1 aromatic heterocycles. The highest BCUT2D eigenvalue weighted by Gasteiger charge is 2.20. The van der Waals surface area contributed by atoms with Gasteiger partial charge in [-0.25, -0.2) is 4.98 Å². The monoisotopic (exact) mass is 398 g/mol. The number of ether oxygens (including phenoxy) is 2. The van der Waals surface area contributed by atoms with Crippen molar-refractivity contribution in [2.24, 2.45) is 5.73 Å². The summed E-state index contributed by atoms with van der Waals surface area (Å²) in [5.74, 6) is -0.418. The van der Waals surface area contributed by atoms with E-state index in [4.69, 9.17) is 15.2 Å². The summed E-state index contributed by atoms with van der Waals surface area (Å²) in [7, 11) is 0. The van der Waals surface area contributed by atoms with E-state index in [0.29, 0.717) is 49.9 Å². The highest BCUT2D eigenvalue weighted by molar-refractivity contribution is 6.01. The van der Waals surface area contributed by atoms with Crippen molar-refractivity contribution in [1.29, 1.82) is 0 Å². The summed E-state index contributed by atoms with van der Waals surface area (Å²) in [4.78, 5) is 30.7. The third-order valence-corrected chi connectivity index (χ3v) is 4.51. The van der Waals surface area contributed by atoms with Gasteiger partial charge in [0.2, 0.25) is 5.88 Å². The first-order chi connectivity index (χ1) is 14.0. The number of nitrogens with two attached hydrogens (primary N) is 1. The fourth-order valence-electron chi connectivity index (χ4n) is 3.09. The number of primary amides is 1. The molecule has 8 heteroatoms. The van der Waals surface area contributed by atoms with Gasteiger partial charge in [-0.3, -0.25) is 9.59 Å². The van der Waals surface area contributed by atoms with Crippen LogP contribution in [0, 0.1) is 6.92 Å². The van der Waals surface area contributed by atoms with E-state index in [9.17, 15) is 9.59 Å². The van der Waals surface area contributed by atoms with E-state index in [-0.39, 0.29) is 17.4 Å². The number of rotatable bonds is 7. The third-order valence-electron chi connectivity index (χ3n) is 4.51. The highest BCUT2D eigenvalue weighted by atomic mass is 16.5. The fraction of sp³-hybridized carbons (Fsp3) is 0.381. The molecule has 2 amide bonds. The average Bonchev–Trinajstić information content (AvgIpc) is 2.72. The molecule has 1 saturated heterocycles. The van der Waals surface area contributed by atoms with Crippen LogP contribution in [0.25, 0.3) is 0 Å². The first-order valence-electron chi connectivity index (χ1n) is 9.68. The zero-order chi connectivity index (χ0) is 20.8. The van der Waals surface area contributed by atoms with Crippen LogP contribution >= 0.6 is 0 Å². The number of morpholine rings is 1. The number of carbonyl (C=O) groups excluding carboxylic acids is 2. The lowest BCUT2D eigenvalue weighted by molar-refractivity contribution is 0.0303. The number of anilines is 2. The number of nitrogens with one attached hydrogen (secondary N) is 1. The maximum Gasteiger partial charge on any atom is 0.256 e. The van der Waals surface area contributed by atoms with Gasteiger partial charge in [0.1, 0.15) is 5.56 Å². The normalized spacial score (nSPS) is 13.8. The molecule has 2 heterocycles. The van der Waals surface area contributed by atoms with Gasteiger partial charge in [-0.05, 0) is 43.7 Å².